The number of hydrogen-bond donors (Lipinski definition) is 4. The fraction of sp³-hybridized carbons (Fsp3) is 0.182. The number of halogens is 1. The minimum atomic E-state index is -3.47. The molecule has 0 spiro atoms. The Labute approximate surface area is 111 Å². The highest BCUT2D eigenvalue weighted by molar-refractivity contribution is 6.30. The quantitative estimate of drug-likeness (QED) is 0.435. The van der Waals surface area contributed by atoms with Crippen LogP contribution in [-0.4, -0.2) is 49.9 Å². The molecule has 0 aliphatic heterocycles. The number of carboxylic acids is 2. The van der Waals surface area contributed by atoms with Gasteiger partial charge < -0.3 is 20.4 Å². The molecule has 0 radical (unpaired) electrons. The Bertz CT molecular complexity index is 524. The smallest absolute Gasteiger partial charge is 0.347 e. The highest BCUT2D eigenvalue weighted by Gasteiger charge is 2.54. The van der Waals surface area contributed by atoms with Crippen LogP contribution in [0.25, 0.3) is 0 Å². The summed E-state index contributed by atoms with van der Waals surface area (Å²) < 4.78 is 0. The van der Waals surface area contributed by atoms with E-state index in [0.29, 0.717) is 0 Å². The normalized spacial score (nSPS) is 15.3. The molecule has 0 amide bonds. The average Bonchev–Trinajstić information content (AvgIpc) is 2.36. The maximum absolute atomic E-state index is 11.9. The van der Waals surface area contributed by atoms with Gasteiger partial charge in [0.1, 0.15) is 0 Å². The van der Waals surface area contributed by atoms with E-state index < -0.39 is 29.4 Å². The van der Waals surface area contributed by atoms with Crippen LogP contribution in [0.5, 0.6) is 0 Å². The zero-order valence-corrected chi connectivity index (χ0v) is 10.0. The molecule has 19 heavy (non-hydrogen) atoms. The van der Waals surface area contributed by atoms with Gasteiger partial charge in [0.05, 0.1) is 0 Å². The van der Waals surface area contributed by atoms with Crippen LogP contribution < -0.4 is 0 Å². The Hall–Kier alpha value is -1.96. The van der Waals surface area contributed by atoms with Crippen LogP contribution >= 0.6 is 11.6 Å². The number of aliphatic hydroxyl groups is 2. The predicted molar refractivity (Wildman–Crippen MR) is 62.0 cm³/mol. The second kappa shape index (κ2) is 5.35. The van der Waals surface area contributed by atoms with Gasteiger partial charge in [-0.2, -0.15) is 0 Å². The summed E-state index contributed by atoms with van der Waals surface area (Å²) >= 11 is 5.57. The lowest BCUT2D eigenvalue weighted by Gasteiger charge is -2.24. The molecule has 2 atom stereocenters. The van der Waals surface area contributed by atoms with Gasteiger partial charge in [-0.25, -0.2) is 9.59 Å². The van der Waals surface area contributed by atoms with Crippen LogP contribution in [0.3, 0.4) is 0 Å². The zero-order valence-electron chi connectivity index (χ0n) is 9.28. The van der Waals surface area contributed by atoms with Crippen molar-refractivity contribution in [2.75, 3.05) is 0 Å². The summed E-state index contributed by atoms with van der Waals surface area (Å²) in [6, 6.07) is 4.72. The highest BCUT2D eigenvalue weighted by atomic mass is 35.5. The van der Waals surface area contributed by atoms with Crippen LogP contribution in [0.2, 0.25) is 5.02 Å². The molecule has 0 aromatic heterocycles. The van der Waals surface area contributed by atoms with E-state index in [2.05, 4.69) is 0 Å². The van der Waals surface area contributed by atoms with Crippen molar-refractivity contribution in [2.45, 2.75) is 11.7 Å². The Balaban J connectivity index is 3.27. The number of Topliss-reactive ketones (excluding diaryl/α,β-unsaturated/α-hetero) is 1. The number of aliphatic carboxylic acids is 2. The number of carbonyl (C=O) groups is 3. The lowest BCUT2D eigenvalue weighted by molar-refractivity contribution is -0.175. The molecule has 7 nitrogen and oxygen atoms in total. The summed E-state index contributed by atoms with van der Waals surface area (Å²) in [4.78, 5) is 33.4. The Morgan fingerprint density at radius 1 is 1.11 bits per heavy atom. The van der Waals surface area contributed by atoms with Gasteiger partial charge in [-0.05, 0) is 24.3 Å². The minimum absolute atomic E-state index is 0.259. The summed E-state index contributed by atoms with van der Waals surface area (Å²) in [5, 5.41) is 36.6. The largest absolute Gasteiger partial charge is 0.479 e. The molecule has 1 rings (SSSR count). The lowest BCUT2D eigenvalue weighted by Crippen LogP contribution is -2.58. The van der Waals surface area contributed by atoms with E-state index in [1.54, 1.807) is 0 Å². The minimum Gasteiger partial charge on any atom is -0.479 e. The van der Waals surface area contributed by atoms with E-state index in [9.17, 15) is 24.6 Å². The Morgan fingerprint density at radius 3 is 1.95 bits per heavy atom. The van der Waals surface area contributed by atoms with Crippen molar-refractivity contribution >= 4 is 29.3 Å². The molecule has 0 aliphatic carbocycles. The molecule has 102 valence electrons. The second-order valence-electron chi connectivity index (χ2n) is 3.65. The number of carbonyl (C=O) groups excluding carboxylic acids is 1. The number of ketones is 1. The summed E-state index contributed by atoms with van der Waals surface area (Å²) in [6.45, 7) is 0. The van der Waals surface area contributed by atoms with Crippen LogP contribution in [0.4, 0.5) is 0 Å². The van der Waals surface area contributed by atoms with Gasteiger partial charge in [0.15, 0.2) is 6.10 Å². The topological polar surface area (TPSA) is 132 Å². The maximum Gasteiger partial charge on any atom is 0.347 e. The summed E-state index contributed by atoms with van der Waals surface area (Å²) in [7, 11) is 0. The first-order chi connectivity index (χ1) is 8.71. The third-order valence-electron chi connectivity index (χ3n) is 2.41. The van der Waals surface area contributed by atoms with Gasteiger partial charge in [-0.15, -0.1) is 0 Å². The molecule has 0 aliphatic rings. The van der Waals surface area contributed by atoms with Crippen molar-refractivity contribution < 1.29 is 34.8 Å². The number of carboxylic acid groups (broad SMARTS) is 2. The molecule has 0 bridgehead atoms. The average molecular weight is 289 g/mol. The molecule has 0 saturated carbocycles. The number of rotatable bonds is 5. The summed E-state index contributed by atoms with van der Waals surface area (Å²) in [6.07, 6.45) is -2.80. The van der Waals surface area contributed by atoms with Crippen molar-refractivity contribution in [1.29, 1.82) is 0 Å². The van der Waals surface area contributed by atoms with E-state index in [0.717, 1.165) is 12.1 Å². The summed E-state index contributed by atoms with van der Waals surface area (Å²) in [5.74, 6) is -5.65. The lowest BCUT2D eigenvalue weighted by atomic mass is 9.87. The number of hydrogen-bond acceptors (Lipinski definition) is 5. The van der Waals surface area contributed by atoms with Crippen LogP contribution in [0.15, 0.2) is 24.3 Å². The molecular formula is C11H9ClO7. The van der Waals surface area contributed by atoms with Crippen molar-refractivity contribution in [3.8, 4) is 0 Å². The van der Waals surface area contributed by atoms with Crippen LogP contribution in [0.1, 0.15) is 10.4 Å². The molecular weight excluding hydrogens is 280 g/mol. The first-order valence-corrected chi connectivity index (χ1v) is 5.26. The van der Waals surface area contributed by atoms with Gasteiger partial charge in [0, 0.05) is 10.6 Å². The van der Waals surface area contributed by atoms with Gasteiger partial charge >= 0.3 is 11.9 Å². The second-order valence-corrected chi connectivity index (χ2v) is 4.08. The van der Waals surface area contributed by atoms with E-state index in [-0.39, 0.29) is 10.6 Å². The highest BCUT2D eigenvalue weighted by Crippen LogP contribution is 2.20. The van der Waals surface area contributed by atoms with E-state index in [1.807, 2.05) is 0 Å². The van der Waals surface area contributed by atoms with Gasteiger partial charge in [0.2, 0.25) is 5.78 Å². The van der Waals surface area contributed by atoms with Crippen molar-refractivity contribution in [3.05, 3.63) is 34.9 Å². The van der Waals surface area contributed by atoms with Crippen molar-refractivity contribution in [2.24, 2.45) is 0 Å². The Kier molecular flexibility index (Phi) is 4.25. The molecule has 1 aromatic carbocycles. The molecule has 0 unspecified atom stereocenters. The standard InChI is InChI=1S/C11H9ClO7/c12-6-3-1-5(2-4-6)7(13)11(19,10(17)18)8(14)9(15)16/h1-4,8,14,19H,(H,15,16)(H,17,18)/t8-,11+/m1/s1. The fourth-order valence-electron chi connectivity index (χ4n) is 1.34. The number of aliphatic hydroxyl groups excluding tert-OH is 1. The van der Waals surface area contributed by atoms with E-state index in [1.165, 1.54) is 12.1 Å². The number of benzene rings is 1. The van der Waals surface area contributed by atoms with Crippen LogP contribution in [-0.2, 0) is 9.59 Å². The third-order valence-corrected chi connectivity index (χ3v) is 2.66. The SMILES string of the molecule is O=C(O)[C@@H](O)[C@](O)(C(=O)O)C(=O)c1ccc(Cl)cc1. The van der Waals surface area contributed by atoms with E-state index >= 15 is 0 Å². The van der Waals surface area contributed by atoms with Gasteiger partial charge in [-0.3, -0.25) is 4.79 Å². The maximum atomic E-state index is 11.9. The van der Waals surface area contributed by atoms with Crippen molar-refractivity contribution in [1.82, 2.24) is 0 Å². The fourth-order valence-corrected chi connectivity index (χ4v) is 1.46. The van der Waals surface area contributed by atoms with Crippen LogP contribution in [0, 0.1) is 0 Å². The molecule has 8 heteroatoms. The third kappa shape index (κ3) is 2.73. The summed E-state index contributed by atoms with van der Waals surface area (Å²) in [5.41, 5.74) is -3.77. The molecule has 4 N–H and O–H groups in total. The monoisotopic (exact) mass is 288 g/mol. The first kappa shape index (κ1) is 15.1. The molecule has 1 aromatic rings. The van der Waals surface area contributed by atoms with Crippen molar-refractivity contribution in [3.63, 3.8) is 0 Å². The molecule has 0 saturated heterocycles. The van der Waals surface area contributed by atoms with Gasteiger partial charge in [-0.1, -0.05) is 11.6 Å². The predicted octanol–water partition coefficient (Wildman–Crippen LogP) is -0.216. The molecule has 0 heterocycles. The first-order valence-electron chi connectivity index (χ1n) is 4.88. The molecule has 0 fully saturated rings. The van der Waals surface area contributed by atoms with E-state index in [4.69, 9.17) is 21.8 Å². The van der Waals surface area contributed by atoms with Gasteiger partial charge in [0.25, 0.3) is 5.60 Å². The zero-order chi connectivity index (χ0) is 14.8. The Morgan fingerprint density at radius 2 is 1.58 bits per heavy atom.